The molecule has 0 aromatic heterocycles. The zero-order chi connectivity index (χ0) is 12.6. The van der Waals surface area contributed by atoms with Crippen LogP contribution in [0.1, 0.15) is 38.8 Å². The summed E-state index contributed by atoms with van der Waals surface area (Å²) in [5.74, 6) is 0.584. The van der Waals surface area contributed by atoms with Crippen LogP contribution in [0.4, 0.5) is 4.39 Å². The van der Waals surface area contributed by atoms with E-state index < -0.39 is 0 Å². The van der Waals surface area contributed by atoms with Crippen LogP contribution in [0.5, 0.6) is 0 Å². The lowest BCUT2D eigenvalue weighted by molar-refractivity contribution is 0.484. The molecule has 0 heterocycles. The lowest BCUT2D eigenvalue weighted by Gasteiger charge is -2.16. The lowest BCUT2D eigenvalue weighted by atomic mass is 10.1. The minimum Gasteiger partial charge on any atom is -0.310 e. The molecule has 0 aliphatic heterocycles. The van der Waals surface area contributed by atoms with Crippen molar-refractivity contribution in [1.82, 2.24) is 5.32 Å². The molecule has 0 spiro atoms. The van der Waals surface area contributed by atoms with Crippen molar-refractivity contribution in [1.29, 1.82) is 0 Å². The molecule has 1 fully saturated rings. The molecule has 2 unspecified atom stereocenters. The summed E-state index contributed by atoms with van der Waals surface area (Å²) >= 11 is 3.41. The fourth-order valence-electron chi connectivity index (χ4n) is 2.21. The van der Waals surface area contributed by atoms with Crippen LogP contribution < -0.4 is 5.32 Å². The third-order valence-electron chi connectivity index (χ3n) is 3.82. The summed E-state index contributed by atoms with van der Waals surface area (Å²) in [5, 5.41) is 3.52. The van der Waals surface area contributed by atoms with Gasteiger partial charge in [0.1, 0.15) is 5.82 Å². The van der Waals surface area contributed by atoms with E-state index in [1.54, 1.807) is 0 Å². The molecular formula is C14H19BrFN. The van der Waals surface area contributed by atoms with Crippen molar-refractivity contribution < 1.29 is 4.39 Å². The summed E-state index contributed by atoms with van der Waals surface area (Å²) in [6, 6.07) is 5.13. The highest BCUT2D eigenvalue weighted by molar-refractivity contribution is 9.10. The van der Waals surface area contributed by atoms with E-state index >= 15 is 0 Å². The van der Waals surface area contributed by atoms with Crippen molar-refractivity contribution in [3.63, 3.8) is 0 Å². The highest BCUT2D eigenvalue weighted by Crippen LogP contribution is 2.51. The summed E-state index contributed by atoms with van der Waals surface area (Å²) in [5.41, 5.74) is 1.62. The molecule has 2 atom stereocenters. The first-order chi connectivity index (χ1) is 7.90. The van der Waals surface area contributed by atoms with Gasteiger partial charge in [-0.2, -0.15) is 0 Å². The SMILES string of the molecule is CC(NCC1CC1(C)C)c1ccc(F)cc1Br. The first-order valence-corrected chi connectivity index (χ1v) is 6.88. The van der Waals surface area contributed by atoms with Crippen LogP contribution >= 0.6 is 15.9 Å². The summed E-state index contributed by atoms with van der Waals surface area (Å²) in [7, 11) is 0. The Labute approximate surface area is 111 Å². The van der Waals surface area contributed by atoms with Gasteiger partial charge in [0.25, 0.3) is 0 Å². The van der Waals surface area contributed by atoms with Gasteiger partial charge in [0.15, 0.2) is 0 Å². The van der Waals surface area contributed by atoms with E-state index in [9.17, 15) is 4.39 Å². The molecule has 1 nitrogen and oxygen atoms in total. The molecular weight excluding hydrogens is 281 g/mol. The van der Waals surface area contributed by atoms with Gasteiger partial charge in [-0.3, -0.25) is 0 Å². The van der Waals surface area contributed by atoms with E-state index in [0.717, 1.165) is 22.5 Å². The van der Waals surface area contributed by atoms with Crippen molar-refractivity contribution in [2.45, 2.75) is 33.2 Å². The molecule has 0 bridgehead atoms. The van der Waals surface area contributed by atoms with Gasteiger partial charge < -0.3 is 5.32 Å². The Morgan fingerprint density at radius 2 is 2.18 bits per heavy atom. The lowest BCUT2D eigenvalue weighted by Crippen LogP contribution is -2.22. The largest absolute Gasteiger partial charge is 0.310 e. The first-order valence-electron chi connectivity index (χ1n) is 6.08. The molecule has 17 heavy (non-hydrogen) atoms. The van der Waals surface area contributed by atoms with E-state index in [1.165, 1.54) is 18.6 Å². The Balaban J connectivity index is 1.93. The maximum Gasteiger partial charge on any atom is 0.124 e. The Hall–Kier alpha value is -0.410. The molecule has 1 aromatic carbocycles. The molecule has 0 radical (unpaired) electrons. The molecule has 1 aliphatic rings. The van der Waals surface area contributed by atoms with Crippen LogP contribution in [0.3, 0.4) is 0 Å². The smallest absolute Gasteiger partial charge is 0.124 e. The maximum atomic E-state index is 13.0. The van der Waals surface area contributed by atoms with Crippen molar-refractivity contribution in [2.75, 3.05) is 6.54 Å². The monoisotopic (exact) mass is 299 g/mol. The standard InChI is InChI=1S/C14H19BrFN/c1-9(17-8-10-7-14(10,2)3)12-5-4-11(16)6-13(12)15/h4-6,9-10,17H,7-8H2,1-3H3. The van der Waals surface area contributed by atoms with Crippen LogP contribution in [0, 0.1) is 17.2 Å². The van der Waals surface area contributed by atoms with E-state index in [-0.39, 0.29) is 11.9 Å². The van der Waals surface area contributed by atoms with Crippen molar-refractivity contribution in [3.05, 3.63) is 34.1 Å². The number of rotatable bonds is 4. The average Bonchev–Trinajstić information content (AvgIpc) is 2.83. The fourth-order valence-corrected chi connectivity index (χ4v) is 2.90. The molecule has 1 aliphatic carbocycles. The van der Waals surface area contributed by atoms with Crippen molar-refractivity contribution in [2.24, 2.45) is 11.3 Å². The van der Waals surface area contributed by atoms with Gasteiger partial charge in [0.05, 0.1) is 0 Å². The van der Waals surface area contributed by atoms with Gasteiger partial charge in [-0.1, -0.05) is 35.8 Å². The van der Waals surface area contributed by atoms with E-state index in [2.05, 4.69) is 42.0 Å². The molecule has 94 valence electrons. The fraction of sp³-hybridized carbons (Fsp3) is 0.571. The second-order valence-electron chi connectivity index (χ2n) is 5.69. The predicted octanol–water partition coefficient (Wildman–Crippen LogP) is 4.28. The molecule has 1 N–H and O–H groups in total. The zero-order valence-electron chi connectivity index (χ0n) is 10.6. The molecule has 3 heteroatoms. The normalized spacial score (nSPS) is 23.5. The number of hydrogen-bond donors (Lipinski definition) is 1. The number of nitrogens with one attached hydrogen (secondary N) is 1. The van der Waals surface area contributed by atoms with Crippen LogP contribution in [0.15, 0.2) is 22.7 Å². The topological polar surface area (TPSA) is 12.0 Å². The van der Waals surface area contributed by atoms with Crippen molar-refractivity contribution in [3.8, 4) is 0 Å². The van der Waals surface area contributed by atoms with E-state index in [0.29, 0.717) is 5.41 Å². The van der Waals surface area contributed by atoms with E-state index in [4.69, 9.17) is 0 Å². The summed E-state index contributed by atoms with van der Waals surface area (Å²) < 4.78 is 13.8. The first kappa shape index (κ1) is 13.0. The maximum absolute atomic E-state index is 13.0. The minimum atomic E-state index is -0.198. The number of halogens is 2. The van der Waals surface area contributed by atoms with Crippen LogP contribution in [-0.4, -0.2) is 6.54 Å². The Bertz CT molecular complexity index is 417. The van der Waals surface area contributed by atoms with Crippen molar-refractivity contribution >= 4 is 15.9 Å². The Morgan fingerprint density at radius 1 is 1.53 bits per heavy atom. The average molecular weight is 300 g/mol. The second-order valence-corrected chi connectivity index (χ2v) is 6.54. The Morgan fingerprint density at radius 3 is 2.71 bits per heavy atom. The second kappa shape index (κ2) is 4.69. The highest BCUT2D eigenvalue weighted by Gasteiger charge is 2.44. The molecule has 2 rings (SSSR count). The third kappa shape index (κ3) is 3.08. The van der Waals surface area contributed by atoms with Gasteiger partial charge in [-0.05, 0) is 48.9 Å². The molecule has 0 amide bonds. The highest BCUT2D eigenvalue weighted by atomic mass is 79.9. The van der Waals surface area contributed by atoms with Crippen LogP contribution in [0.2, 0.25) is 0 Å². The summed E-state index contributed by atoms with van der Waals surface area (Å²) in [4.78, 5) is 0. The molecule has 1 saturated carbocycles. The molecule has 0 saturated heterocycles. The minimum absolute atomic E-state index is 0.198. The van der Waals surface area contributed by atoms with Gasteiger partial charge >= 0.3 is 0 Å². The van der Waals surface area contributed by atoms with Gasteiger partial charge in [0, 0.05) is 10.5 Å². The van der Waals surface area contributed by atoms with Crippen LogP contribution in [-0.2, 0) is 0 Å². The van der Waals surface area contributed by atoms with Crippen LogP contribution in [0.25, 0.3) is 0 Å². The quantitative estimate of drug-likeness (QED) is 0.875. The van der Waals surface area contributed by atoms with Gasteiger partial charge in [-0.15, -0.1) is 0 Å². The van der Waals surface area contributed by atoms with Gasteiger partial charge in [0.2, 0.25) is 0 Å². The third-order valence-corrected chi connectivity index (χ3v) is 4.50. The number of benzene rings is 1. The predicted molar refractivity (Wildman–Crippen MR) is 72.4 cm³/mol. The summed E-state index contributed by atoms with van der Waals surface area (Å²) in [6.07, 6.45) is 1.30. The Kier molecular flexibility index (Phi) is 3.60. The molecule has 1 aromatic rings. The zero-order valence-corrected chi connectivity index (χ0v) is 12.1. The summed E-state index contributed by atoms with van der Waals surface area (Å²) in [6.45, 7) is 7.76. The number of hydrogen-bond acceptors (Lipinski definition) is 1. The van der Waals surface area contributed by atoms with Gasteiger partial charge in [-0.25, -0.2) is 4.39 Å². The van der Waals surface area contributed by atoms with E-state index in [1.807, 2.05) is 6.07 Å².